The molecule has 0 saturated heterocycles. The van der Waals surface area contributed by atoms with Crippen molar-refractivity contribution in [3.63, 3.8) is 0 Å². The van der Waals surface area contributed by atoms with Crippen LogP contribution in [0, 0.1) is 0 Å². The van der Waals surface area contributed by atoms with Gasteiger partial charge in [0.05, 0.1) is 0 Å². The van der Waals surface area contributed by atoms with E-state index in [-0.39, 0.29) is 18.9 Å². The number of rotatable bonds is 1. The van der Waals surface area contributed by atoms with E-state index in [0.29, 0.717) is 0 Å². The zero-order valence-corrected chi connectivity index (χ0v) is 3.57. The Morgan fingerprint density at radius 2 is 1.20 bits per heavy atom. The van der Waals surface area contributed by atoms with Crippen LogP contribution in [0.4, 0.5) is 0 Å². The summed E-state index contributed by atoms with van der Waals surface area (Å²) in [4.78, 5) is 0. The maximum atomic E-state index is 3.36. The van der Waals surface area contributed by atoms with E-state index in [0.717, 1.165) is 0 Å². The fourth-order valence-electron chi connectivity index (χ4n) is 0. The third kappa shape index (κ3) is 15.2. The zero-order chi connectivity index (χ0) is 3.41. The van der Waals surface area contributed by atoms with Gasteiger partial charge in [-0.25, -0.2) is 0 Å². The van der Waals surface area contributed by atoms with Gasteiger partial charge >= 0.3 is 18.9 Å². The van der Waals surface area contributed by atoms with Gasteiger partial charge in [-0.05, 0) is 0 Å². The van der Waals surface area contributed by atoms with Crippen LogP contribution in [0.1, 0.15) is 0 Å². The Morgan fingerprint density at radius 3 is 1.20 bits per heavy atom. The normalized spacial score (nSPS) is 4.00. The number of hydrogen-bond donors (Lipinski definition) is 0. The summed E-state index contributed by atoms with van der Waals surface area (Å²) in [5, 5.41) is 0. The Morgan fingerprint density at radius 1 is 1.00 bits per heavy atom. The molecule has 0 radical (unpaired) electrons. The summed E-state index contributed by atoms with van der Waals surface area (Å²) in [7, 11) is 0. The van der Waals surface area contributed by atoms with Gasteiger partial charge in [-0.3, -0.25) is 0 Å². The van der Waals surface area contributed by atoms with Crippen LogP contribution in [0.3, 0.4) is 0 Å². The van der Waals surface area contributed by atoms with Crippen LogP contribution in [0.15, 0.2) is 25.3 Å². The zero-order valence-electron chi connectivity index (χ0n) is 3.57. The minimum atomic E-state index is 0. The van der Waals surface area contributed by atoms with Crippen LogP contribution >= 0.6 is 0 Å². The van der Waals surface area contributed by atoms with Crippen molar-refractivity contribution in [2.24, 2.45) is 0 Å². The molecule has 0 atom stereocenters. The van der Waals surface area contributed by atoms with E-state index in [9.17, 15) is 0 Å². The van der Waals surface area contributed by atoms with Crippen LogP contribution < -0.4 is 18.9 Å². The second kappa shape index (κ2) is 8.95. The van der Waals surface area contributed by atoms with Gasteiger partial charge < -0.3 is 0 Å². The Labute approximate surface area is 44.8 Å². The van der Waals surface area contributed by atoms with Gasteiger partial charge in [0.25, 0.3) is 0 Å². The Kier molecular flexibility index (Phi) is 16.0. The first-order chi connectivity index (χ1) is 1.91. The van der Waals surface area contributed by atoms with E-state index >= 15 is 0 Å². The van der Waals surface area contributed by atoms with E-state index < -0.39 is 0 Å². The monoisotopic (exact) mass is 61.1 g/mol. The Balaban J connectivity index is 0. The van der Waals surface area contributed by atoms with E-state index in [4.69, 9.17) is 0 Å². The fourth-order valence-corrected chi connectivity index (χ4v) is 0. The maximum Gasteiger partial charge on any atom is 1.00 e. The molecule has 0 aromatic heterocycles. The molecule has 0 bridgehead atoms. The quantitative estimate of drug-likeness (QED) is 0.252. The summed E-state index contributed by atoms with van der Waals surface area (Å²) in [5.74, 6) is 0. The molecule has 0 fully saturated rings. The first-order valence-electron chi connectivity index (χ1n) is 1.15. The number of hydrogen-bond acceptors (Lipinski definition) is 0. The van der Waals surface area contributed by atoms with Gasteiger partial charge in [-0.15, -0.1) is 0 Å². The molecule has 0 heterocycles. The van der Waals surface area contributed by atoms with Crippen molar-refractivity contribution in [1.29, 1.82) is 0 Å². The van der Waals surface area contributed by atoms with Crippen molar-refractivity contribution < 1.29 is 18.9 Å². The molecule has 0 rings (SSSR count). The topological polar surface area (TPSA) is 0 Å². The van der Waals surface area contributed by atoms with E-state index in [1.165, 1.54) is 0 Å². The standard InChI is InChI=1S/C4H6.Li/c1-3-4-2;/h3-4H,1-2H2;/q;+1. The molecule has 1 heteroatoms. The SMILES string of the molecule is C=CC=C.[Li+]. The summed E-state index contributed by atoms with van der Waals surface area (Å²) in [5.41, 5.74) is 0. The molecule has 0 aliphatic heterocycles. The molecule has 5 heavy (non-hydrogen) atoms. The molecule has 0 N–H and O–H groups in total. The van der Waals surface area contributed by atoms with Gasteiger partial charge in [0.2, 0.25) is 0 Å². The molecule has 0 aromatic rings. The predicted octanol–water partition coefficient (Wildman–Crippen LogP) is -1.64. The second-order valence-electron chi connectivity index (χ2n) is 0.471. The Bertz CT molecular complexity index is 24.6. The average molecular weight is 61.0 g/mol. The van der Waals surface area contributed by atoms with Crippen molar-refractivity contribution in [3.8, 4) is 0 Å². The van der Waals surface area contributed by atoms with Crippen molar-refractivity contribution in [1.82, 2.24) is 0 Å². The van der Waals surface area contributed by atoms with Crippen LogP contribution in [0.25, 0.3) is 0 Å². The molecule has 22 valence electrons. The first-order valence-corrected chi connectivity index (χ1v) is 1.15. The minimum absolute atomic E-state index is 0. The third-order valence-corrected chi connectivity index (χ3v) is 0.167. The predicted molar refractivity (Wildman–Crippen MR) is 20.4 cm³/mol. The molecular weight excluding hydrogens is 55.0 g/mol. The average Bonchev–Trinajstić information content (AvgIpc) is 1.37. The van der Waals surface area contributed by atoms with E-state index in [2.05, 4.69) is 13.2 Å². The van der Waals surface area contributed by atoms with Gasteiger partial charge in [-0.2, -0.15) is 0 Å². The van der Waals surface area contributed by atoms with Crippen molar-refractivity contribution in [2.45, 2.75) is 0 Å². The molecular formula is C4H6Li+. The number of allylic oxidation sites excluding steroid dienone is 2. The molecule has 0 aromatic carbocycles. The molecule has 0 unspecified atom stereocenters. The van der Waals surface area contributed by atoms with Gasteiger partial charge in [0.1, 0.15) is 0 Å². The molecule has 0 aliphatic rings. The van der Waals surface area contributed by atoms with Crippen molar-refractivity contribution >= 4 is 0 Å². The summed E-state index contributed by atoms with van der Waals surface area (Å²) < 4.78 is 0. The van der Waals surface area contributed by atoms with Crippen LogP contribution in [-0.4, -0.2) is 0 Å². The molecule has 0 aliphatic carbocycles. The van der Waals surface area contributed by atoms with Crippen LogP contribution in [0.5, 0.6) is 0 Å². The van der Waals surface area contributed by atoms with Gasteiger partial charge in [0.15, 0.2) is 0 Å². The van der Waals surface area contributed by atoms with Crippen molar-refractivity contribution in [2.75, 3.05) is 0 Å². The van der Waals surface area contributed by atoms with Crippen molar-refractivity contribution in [3.05, 3.63) is 25.3 Å². The van der Waals surface area contributed by atoms with Gasteiger partial charge in [0, 0.05) is 0 Å². The first kappa shape index (κ1) is 8.91. The molecule has 0 nitrogen and oxygen atoms in total. The van der Waals surface area contributed by atoms with E-state index in [1.54, 1.807) is 12.2 Å². The second-order valence-corrected chi connectivity index (χ2v) is 0.471. The largest absolute Gasteiger partial charge is 1.00 e. The van der Waals surface area contributed by atoms with Crippen LogP contribution in [0.2, 0.25) is 0 Å². The van der Waals surface area contributed by atoms with E-state index in [1.807, 2.05) is 0 Å². The maximum absolute atomic E-state index is 3.36. The van der Waals surface area contributed by atoms with Crippen LogP contribution in [-0.2, 0) is 0 Å². The minimum Gasteiger partial charge on any atom is -0.0991 e. The molecule has 0 saturated carbocycles. The summed E-state index contributed by atoms with van der Waals surface area (Å²) in [6.07, 6.45) is 3.28. The fraction of sp³-hybridized carbons (Fsp3) is 0. The third-order valence-electron chi connectivity index (χ3n) is 0.167. The summed E-state index contributed by atoms with van der Waals surface area (Å²) >= 11 is 0. The Hall–Kier alpha value is 0.0774. The summed E-state index contributed by atoms with van der Waals surface area (Å²) in [6, 6.07) is 0. The molecule has 0 spiro atoms. The smallest absolute Gasteiger partial charge is 0.0991 e. The summed E-state index contributed by atoms with van der Waals surface area (Å²) in [6.45, 7) is 6.72. The van der Waals surface area contributed by atoms with Gasteiger partial charge in [-0.1, -0.05) is 25.3 Å². The molecule has 0 amide bonds.